The van der Waals surface area contributed by atoms with E-state index in [9.17, 15) is 0 Å². The number of hydrogen-bond donors (Lipinski definition) is 0. The first kappa shape index (κ1) is 15.5. The fourth-order valence-electron chi connectivity index (χ4n) is 2.07. The number of unbranched alkanes of at least 4 members (excludes halogenated alkanes) is 6. The standard InChI is InChI=1S/C15H30O/c1-4-7-8-9-10-11-12-14-15(13-5-2)16-6-3/h6,15H,3-5,7-14H2,1-2H3. The molecule has 0 fully saturated rings. The van der Waals surface area contributed by atoms with E-state index in [-0.39, 0.29) is 0 Å². The first-order valence-corrected chi connectivity index (χ1v) is 7.11. The van der Waals surface area contributed by atoms with Gasteiger partial charge in [-0.25, -0.2) is 0 Å². The molecule has 0 aliphatic carbocycles. The summed E-state index contributed by atoms with van der Waals surface area (Å²) in [6, 6.07) is 0. The van der Waals surface area contributed by atoms with Crippen molar-refractivity contribution in [3.63, 3.8) is 0 Å². The molecule has 1 heteroatoms. The van der Waals surface area contributed by atoms with Gasteiger partial charge in [0.15, 0.2) is 0 Å². The van der Waals surface area contributed by atoms with Crippen molar-refractivity contribution in [2.45, 2.75) is 84.2 Å². The third-order valence-corrected chi connectivity index (χ3v) is 3.03. The van der Waals surface area contributed by atoms with Crippen LogP contribution in [-0.4, -0.2) is 6.10 Å². The molecule has 0 spiro atoms. The summed E-state index contributed by atoms with van der Waals surface area (Å²) in [5.41, 5.74) is 0. The number of ether oxygens (including phenoxy) is 1. The highest BCUT2D eigenvalue weighted by Crippen LogP contribution is 2.14. The van der Waals surface area contributed by atoms with Gasteiger partial charge in [-0.05, 0) is 19.3 Å². The van der Waals surface area contributed by atoms with Gasteiger partial charge in [-0.1, -0.05) is 65.4 Å². The zero-order chi connectivity index (χ0) is 12.1. The largest absolute Gasteiger partial charge is 0.499 e. The molecule has 0 aromatic rings. The van der Waals surface area contributed by atoms with E-state index in [0.717, 1.165) is 0 Å². The third-order valence-electron chi connectivity index (χ3n) is 3.03. The molecule has 0 bridgehead atoms. The summed E-state index contributed by atoms with van der Waals surface area (Å²) in [5, 5.41) is 0. The molecule has 0 radical (unpaired) electrons. The molecule has 1 nitrogen and oxygen atoms in total. The molecule has 0 N–H and O–H groups in total. The lowest BCUT2D eigenvalue weighted by molar-refractivity contribution is 0.124. The Bertz CT molecular complexity index is 142. The van der Waals surface area contributed by atoms with Gasteiger partial charge in [0.2, 0.25) is 0 Å². The maximum Gasteiger partial charge on any atom is 0.0978 e. The molecule has 0 amide bonds. The van der Waals surface area contributed by atoms with Gasteiger partial charge in [0, 0.05) is 0 Å². The van der Waals surface area contributed by atoms with Gasteiger partial charge < -0.3 is 4.74 Å². The van der Waals surface area contributed by atoms with Crippen LogP contribution in [0.1, 0.15) is 78.1 Å². The van der Waals surface area contributed by atoms with Gasteiger partial charge in [-0.15, -0.1) is 0 Å². The Labute approximate surface area is 102 Å². The van der Waals surface area contributed by atoms with Gasteiger partial charge in [0.25, 0.3) is 0 Å². The van der Waals surface area contributed by atoms with Crippen molar-refractivity contribution in [3.05, 3.63) is 12.8 Å². The molecule has 0 heterocycles. The van der Waals surface area contributed by atoms with Crippen LogP contribution in [0.4, 0.5) is 0 Å². The van der Waals surface area contributed by atoms with Crippen molar-refractivity contribution in [2.24, 2.45) is 0 Å². The second kappa shape index (κ2) is 12.6. The molecule has 1 atom stereocenters. The van der Waals surface area contributed by atoms with E-state index >= 15 is 0 Å². The van der Waals surface area contributed by atoms with E-state index in [1.807, 2.05) is 0 Å². The van der Waals surface area contributed by atoms with Crippen LogP contribution >= 0.6 is 0 Å². The van der Waals surface area contributed by atoms with E-state index in [4.69, 9.17) is 4.74 Å². The maximum atomic E-state index is 5.49. The van der Waals surface area contributed by atoms with Crippen molar-refractivity contribution >= 4 is 0 Å². The average molecular weight is 226 g/mol. The summed E-state index contributed by atoms with van der Waals surface area (Å²) in [5.74, 6) is 0. The summed E-state index contributed by atoms with van der Waals surface area (Å²) in [4.78, 5) is 0. The molecule has 0 saturated heterocycles. The molecule has 0 rings (SSSR count). The third kappa shape index (κ3) is 10.1. The molecule has 0 aliphatic heterocycles. The minimum absolute atomic E-state index is 0.415. The van der Waals surface area contributed by atoms with E-state index in [1.54, 1.807) is 6.26 Å². The van der Waals surface area contributed by atoms with E-state index in [2.05, 4.69) is 20.4 Å². The van der Waals surface area contributed by atoms with Crippen LogP contribution in [0.2, 0.25) is 0 Å². The van der Waals surface area contributed by atoms with E-state index < -0.39 is 0 Å². The molecule has 1 unspecified atom stereocenters. The number of hydrogen-bond acceptors (Lipinski definition) is 1. The predicted molar refractivity (Wildman–Crippen MR) is 72.6 cm³/mol. The van der Waals surface area contributed by atoms with Gasteiger partial charge in [0.1, 0.15) is 0 Å². The lowest BCUT2D eigenvalue weighted by atomic mass is 10.0. The van der Waals surface area contributed by atoms with Crippen LogP contribution < -0.4 is 0 Å². The van der Waals surface area contributed by atoms with Crippen LogP contribution in [0.15, 0.2) is 12.8 Å². The van der Waals surface area contributed by atoms with Gasteiger partial charge in [-0.3, -0.25) is 0 Å². The second-order valence-corrected chi connectivity index (χ2v) is 4.62. The second-order valence-electron chi connectivity index (χ2n) is 4.62. The first-order chi connectivity index (χ1) is 7.85. The molecular weight excluding hydrogens is 196 g/mol. The maximum absolute atomic E-state index is 5.49. The fraction of sp³-hybridized carbons (Fsp3) is 0.867. The summed E-state index contributed by atoms with van der Waals surface area (Å²) in [6.45, 7) is 8.12. The minimum atomic E-state index is 0.415. The van der Waals surface area contributed by atoms with Crippen LogP contribution in [-0.2, 0) is 4.74 Å². The van der Waals surface area contributed by atoms with Gasteiger partial charge in [0.05, 0.1) is 12.4 Å². The highest BCUT2D eigenvalue weighted by atomic mass is 16.5. The Kier molecular flexibility index (Phi) is 12.2. The van der Waals surface area contributed by atoms with Gasteiger partial charge >= 0.3 is 0 Å². The molecule has 0 aromatic carbocycles. The zero-order valence-corrected chi connectivity index (χ0v) is 11.3. The summed E-state index contributed by atoms with van der Waals surface area (Å²) in [7, 11) is 0. The highest BCUT2D eigenvalue weighted by molar-refractivity contribution is 4.62. The molecule has 96 valence electrons. The van der Waals surface area contributed by atoms with Crippen LogP contribution in [0, 0.1) is 0 Å². The quantitative estimate of drug-likeness (QED) is 0.317. The van der Waals surface area contributed by atoms with Crippen LogP contribution in [0.25, 0.3) is 0 Å². The minimum Gasteiger partial charge on any atom is -0.499 e. The smallest absolute Gasteiger partial charge is 0.0978 e. The highest BCUT2D eigenvalue weighted by Gasteiger charge is 2.05. The molecule has 16 heavy (non-hydrogen) atoms. The van der Waals surface area contributed by atoms with Crippen LogP contribution in [0.3, 0.4) is 0 Å². The molecule has 0 aromatic heterocycles. The lowest BCUT2D eigenvalue weighted by Crippen LogP contribution is -2.08. The van der Waals surface area contributed by atoms with Crippen molar-refractivity contribution in [2.75, 3.05) is 0 Å². The Morgan fingerprint density at radius 2 is 1.50 bits per heavy atom. The summed E-state index contributed by atoms with van der Waals surface area (Å²) < 4.78 is 5.49. The van der Waals surface area contributed by atoms with Crippen molar-refractivity contribution < 1.29 is 4.74 Å². The Balaban J connectivity index is 3.29. The average Bonchev–Trinajstić information content (AvgIpc) is 2.28. The molecule has 0 aliphatic rings. The lowest BCUT2D eigenvalue weighted by Gasteiger charge is -2.15. The number of rotatable bonds is 12. The predicted octanol–water partition coefficient (Wildman–Crippen LogP) is 5.46. The Morgan fingerprint density at radius 3 is 2.06 bits per heavy atom. The van der Waals surface area contributed by atoms with Crippen molar-refractivity contribution in [1.29, 1.82) is 0 Å². The molecule has 0 saturated carbocycles. The zero-order valence-electron chi connectivity index (χ0n) is 11.3. The van der Waals surface area contributed by atoms with Crippen molar-refractivity contribution in [3.8, 4) is 0 Å². The first-order valence-electron chi connectivity index (χ1n) is 7.11. The monoisotopic (exact) mass is 226 g/mol. The molecular formula is C15H30O. The van der Waals surface area contributed by atoms with Crippen molar-refractivity contribution in [1.82, 2.24) is 0 Å². The van der Waals surface area contributed by atoms with Gasteiger partial charge in [-0.2, -0.15) is 0 Å². The Hall–Kier alpha value is -0.460. The normalized spacial score (nSPS) is 12.4. The van der Waals surface area contributed by atoms with E-state index in [1.165, 1.54) is 64.2 Å². The Morgan fingerprint density at radius 1 is 0.875 bits per heavy atom. The van der Waals surface area contributed by atoms with Crippen LogP contribution in [0.5, 0.6) is 0 Å². The summed E-state index contributed by atoms with van der Waals surface area (Å²) >= 11 is 0. The fourth-order valence-corrected chi connectivity index (χ4v) is 2.07. The SMILES string of the molecule is C=COC(CCC)CCCCCCCCC. The summed E-state index contributed by atoms with van der Waals surface area (Å²) in [6.07, 6.45) is 15.2. The topological polar surface area (TPSA) is 9.23 Å². The van der Waals surface area contributed by atoms with E-state index in [0.29, 0.717) is 6.10 Å².